The number of hydrogen-bond donors (Lipinski definition) is 4. The van der Waals surface area contributed by atoms with E-state index in [1.54, 1.807) is 18.2 Å². The second kappa shape index (κ2) is 9.44. The second-order valence-corrected chi connectivity index (χ2v) is 8.73. The summed E-state index contributed by atoms with van der Waals surface area (Å²) >= 11 is 5.89. The van der Waals surface area contributed by atoms with Crippen LogP contribution in [0.1, 0.15) is 24.5 Å². The van der Waals surface area contributed by atoms with Gasteiger partial charge in [0, 0.05) is 29.4 Å². The lowest BCUT2D eigenvalue weighted by Crippen LogP contribution is -2.52. The summed E-state index contributed by atoms with van der Waals surface area (Å²) in [6.07, 6.45) is 0.218. The van der Waals surface area contributed by atoms with Crippen LogP contribution in [-0.4, -0.2) is 48.1 Å². The van der Waals surface area contributed by atoms with E-state index in [2.05, 4.69) is 15.8 Å². The zero-order valence-corrected chi connectivity index (χ0v) is 18.5. The maximum absolute atomic E-state index is 13.9. The summed E-state index contributed by atoms with van der Waals surface area (Å²) in [5.41, 5.74) is 12.1. The van der Waals surface area contributed by atoms with Gasteiger partial charge in [-0.3, -0.25) is 4.79 Å². The molecule has 32 heavy (non-hydrogen) atoms. The maximum Gasteiger partial charge on any atom is 0.237 e. The molecule has 5 N–H and O–H groups in total. The molecule has 0 saturated carbocycles. The predicted octanol–water partition coefficient (Wildman–Crippen LogP) is 2.01. The van der Waals surface area contributed by atoms with Crippen LogP contribution in [0.15, 0.2) is 47.6 Å². The van der Waals surface area contributed by atoms with E-state index in [1.807, 2.05) is 24.0 Å². The number of carbonyl (C=O) groups excluding carboxylic acids is 1. The number of halogens is 2. The molecule has 4 rings (SSSR count). The lowest BCUT2D eigenvalue weighted by Gasteiger charge is -2.40. The van der Waals surface area contributed by atoms with Crippen molar-refractivity contribution in [3.05, 3.63) is 64.4 Å². The van der Waals surface area contributed by atoms with E-state index in [0.29, 0.717) is 42.2 Å². The molecular formula is C23H27ClFN5O2. The van der Waals surface area contributed by atoms with Gasteiger partial charge in [0.05, 0.1) is 23.7 Å². The standard InChI is InChI=1S/C23H27ClFN5O2/c1-13-20-21(29-28-13)17-12-16(25)7-8-19(17)30(23(20)32)10-2-9-27-22(31)18(26)11-14-3-5-15(24)6-4-14/h3-8,12-13,18,20,23,28,32H,2,9-11,26H2,1H3,(H,27,31). The third kappa shape index (κ3) is 4.57. The molecule has 0 spiro atoms. The number of aliphatic hydroxyl groups is 1. The fraction of sp³-hybridized carbons (Fsp3) is 0.391. The van der Waals surface area contributed by atoms with Crippen molar-refractivity contribution in [3.8, 4) is 0 Å². The van der Waals surface area contributed by atoms with Crippen LogP contribution in [0, 0.1) is 11.7 Å². The van der Waals surface area contributed by atoms with Crippen LogP contribution < -0.4 is 21.4 Å². The van der Waals surface area contributed by atoms with Gasteiger partial charge in [0.2, 0.25) is 5.91 Å². The third-order valence-corrected chi connectivity index (χ3v) is 6.26. The topological polar surface area (TPSA) is 103 Å². The maximum atomic E-state index is 13.9. The van der Waals surface area contributed by atoms with Crippen molar-refractivity contribution in [2.45, 2.75) is 38.1 Å². The van der Waals surface area contributed by atoms with Crippen molar-refractivity contribution in [1.82, 2.24) is 10.7 Å². The van der Waals surface area contributed by atoms with Crippen molar-refractivity contribution in [2.24, 2.45) is 16.8 Å². The van der Waals surface area contributed by atoms with E-state index in [-0.39, 0.29) is 23.7 Å². The van der Waals surface area contributed by atoms with Gasteiger partial charge in [0.1, 0.15) is 12.0 Å². The summed E-state index contributed by atoms with van der Waals surface area (Å²) in [4.78, 5) is 14.2. The highest BCUT2D eigenvalue weighted by molar-refractivity contribution is 6.30. The Morgan fingerprint density at radius 2 is 2.09 bits per heavy atom. The number of hydrazone groups is 1. The molecule has 4 unspecified atom stereocenters. The normalized spacial score (nSPS) is 22.5. The van der Waals surface area contributed by atoms with Crippen molar-refractivity contribution in [1.29, 1.82) is 0 Å². The number of benzene rings is 2. The number of rotatable bonds is 7. The van der Waals surface area contributed by atoms with Crippen molar-refractivity contribution in [2.75, 3.05) is 18.0 Å². The molecule has 0 radical (unpaired) electrons. The Bertz CT molecular complexity index is 1020. The van der Waals surface area contributed by atoms with Gasteiger partial charge in [-0.25, -0.2) is 4.39 Å². The lowest BCUT2D eigenvalue weighted by molar-refractivity contribution is -0.122. The summed E-state index contributed by atoms with van der Waals surface area (Å²) in [5.74, 6) is -0.834. The Labute approximate surface area is 191 Å². The average Bonchev–Trinajstić information content (AvgIpc) is 3.16. The molecular weight excluding hydrogens is 433 g/mol. The van der Waals surface area contributed by atoms with E-state index < -0.39 is 12.3 Å². The summed E-state index contributed by atoms with van der Waals surface area (Å²) in [5, 5.41) is 18.8. The lowest BCUT2D eigenvalue weighted by atomic mass is 9.85. The Hall–Kier alpha value is -2.68. The molecule has 2 heterocycles. The zero-order valence-electron chi connectivity index (χ0n) is 17.8. The molecule has 1 amide bonds. The minimum Gasteiger partial charge on any atom is -0.373 e. The summed E-state index contributed by atoms with van der Waals surface area (Å²) in [7, 11) is 0. The van der Waals surface area contributed by atoms with Crippen LogP contribution in [0.4, 0.5) is 10.1 Å². The van der Waals surface area contributed by atoms with Crippen LogP contribution in [0.3, 0.4) is 0 Å². The van der Waals surface area contributed by atoms with Crippen molar-refractivity contribution < 1.29 is 14.3 Å². The molecule has 0 bridgehead atoms. The summed E-state index contributed by atoms with van der Waals surface area (Å²) in [6.45, 7) is 2.84. The monoisotopic (exact) mass is 459 g/mol. The Morgan fingerprint density at radius 3 is 2.84 bits per heavy atom. The van der Waals surface area contributed by atoms with Gasteiger partial charge < -0.3 is 26.5 Å². The van der Waals surface area contributed by atoms with Crippen molar-refractivity contribution in [3.63, 3.8) is 0 Å². The van der Waals surface area contributed by atoms with Gasteiger partial charge in [0.15, 0.2) is 0 Å². The SMILES string of the molecule is CC1NN=C2c3cc(F)ccc3N(CCCNC(=O)C(N)Cc3ccc(Cl)cc3)C(O)C21. The van der Waals surface area contributed by atoms with Gasteiger partial charge in [-0.05, 0) is 55.7 Å². The molecule has 7 nitrogen and oxygen atoms in total. The quantitative estimate of drug-likeness (QED) is 0.474. The van der Waals surface area contributed by atoms with Crippen LogP contribution in [0.2, 0.25) is 5.02 Å². The zero-order chi connectivity index (χ0) is 22.8. The molecule has 2 aliphatic rings. The Kier molecular flexibility index (Phi) is 6.64. The van der Waals surface area contributed by atoms with E-state index in [0.717, 1.165) is 11.3 Å². The predicted molar refractivity (Wildman–Crippen MR) is 123 cm³/mol. The molecule has 2 aromatic rings. The molecule has 4 atom stereocenters. The Balaban J connectivity index is 1.34. The molecule has 2 aromatic carbocycles. The van der Waals surface area contributed by atoms with E-state index >= 15 is 0 Å². The van der Waals surface area contributed by atoms with Crippen molar-refractivity contribution >= 4 is 28.9 Å². The number of hydrogen-bond acceptors (Lipinski definition) is 6. The van der Waals surface area contributed by atoms with E-state index in [9.17, 15) is 14.3 Å². The molecule has 0 aromatic heterocycles. The highest BCUT2D eigenvalue weighted by Gasteiger charge is 2.43. The molecule has 2 aliphatic heterocycles. The number of amides is 1. The minimum absolute atomic E-state index is 0.0653. The molecule has 170 valence electrons. The van der Waals surface area contributed by atoms with E-state index in [4.69, 9.17) is 17.3 Å². The van der Waals surface area contributed by atoms with Crippen LogP contribution in [-0.2, 0) is 11.2 Å². The first-order valence-corrected chi connectivity index (χ1v) is 11.1. The number of nitrogens with one attached hydrogen (secondary N) is 2. The molecule has 9 heteroatoms. The van der Waals surface area contributed by atoms with Gasteiger partial charge in [-0.15, -0.1) is 0 Å². The first-order chi connectivity index (χ1) is 15.3. The summed E-state index contributed by atoms with van der Waals surface area (Å²) in [6, 6.07) is 11.0. The number of anilines is 1. The van der Waals surface area contributed by atoms with Gasteiger partial charge in [-0.2, -0.15) is 5.10 Å². The van der Waals surface area contributed by atoms with Crippen LogP contribution in [0.25, 0.3) is 0 Å². The van der Waals surface area contributed by atoms with E-state index in [1.165, 1.54) is 12.1 Å². The minimum atomic E-state index is -0.792. The number of carbonyl (C=O) groups is 1. The number of aliphatic hydroxyl groups excluding tert-OH is 1. The van der Waals surface area contributed by atoms with Gasteiger partial charge in [-0.1, -0.05) is 23.7 Å². The van der Waals surface area contributed by atoms with Gasteiger partial charge in [0.25, 0.3) is 0 Å². The first kappa shape index (κ1) is 22.5. The van der Waals surface area contributed by atoms with Crippen LogP contribution >= 0.6 is 11.6 Å². The fourth-order valence-electron chi connectivity index (χ4n) is 4.31. The average molecular weight is 460 g/mol. The summed E-state index contributed by atoms with van der Waals surface area (Å²) < 4.78 is 13.9. The molecule has 0 fully saturated rings. The second-order valence-electron chi connectivity index (χ2n) is 8.29. The fourth-order valence-corrected chi connectivity index (χ4v) is 4.44. The number of fused-ring (bicyclic) bond motifs is 3. The number of nitrogens with zero attached hydrogens (tertiary/aromatic N) is 2. The first-order valence-electron chi connectivity index (χ1n) is 10.7. The highest BCUT2D eigenvalue weighted by Crippen LogP contribution is 2.37. The molecule has 0 saturated heterocycles. The smallest absolute Gasteiger partial charge is 0.237 e. The Morgan fingerprint density at radius 1 is 1.34 bits per heavy atom. The molecule has 0 aliphatic carbocycles. The largest absolute Gasteiger partial charge is 0.373 e. The third-order valence-electron chi connectivity index (χ3n) is 6.01. The van der Waals surface area contributed by atoms with Crippen LogP contribution in [0.5, 0.6) is 0 Å². The highest BCUT2D eigenvalue weighted by atomic mass is 35.5. The number of nitrogens with two attached hydrogens (primary N) is 1. The van der Waals surface area contributed by atoms with Gasteiger partial charge >= 0.3 is 0 Å².